The van der Waals surface area contributed by atoms with Crippen molar-refractivity contribution in [1.82, 2.24) is 5.32 Å². The summed E-state index contributed by atoms with van der Waals surface area (Å²) in [5.41, 5.74) is 1.34. The summed E-state index contributed by atoms with van der Waals surface area (Å²) in [5.74, 6) is 2.80. The lowest BCUT2D eigenvalue weighted by atomic mass is 10.2. The van der Waals surface area contributed by atoms with Crippen LogP contribution < -0.4 is 10.1 Å². The maximum absolute atomic E-state index is 12.3. The molecule has 0 spiro atoms. The second kappa shape index (κ2) is 8.45. The van der Waals surface area contributed by atoms with Gasteiger partial charge in [-0.05, 0) is 48.2 Å². The highest BCUT2D eigenvalue weighted by Gasteiger charge is 2.24. The van der Waals surface area contributed by atoms with Crippen molar-refractivity contribution < 1.29 is 9.53 Å². The Hall–Kier alpha value is -2.20. The number of nitrogens with zero attached hydrogens (tertiary/aromatic N) is 1. The van der Waals surface area contributed by atoms with Gasteiger partial charge in [0.15, 0.2) is 5.17 Å². The van der Waals surface area contributed by atoms with Crippen LogP contribution in [0.5, 0.6) is 5.75 Å². The van der Waals surface area contributed by atoms with Crippen molar-refractivity contribution in [2.24, 2.45) is 4.99 Å². The van der Waals surface area contributed by atoms with Crippen LogP contribution in [0.1, 0.15) is 5.56 Å². The molecule has 2 aromatic rings. The molecule has 4 nitrogen and oxygen atoms in total. The molecule has 0 radical (unpaired) electrons. The number of halogens is 2. The summed E-state index contributed by atoms with van der Waals surface area (Å²) in [6.07, 6.45) is 6.99. The molecule has 26 heavy (non-hydrogen) atoms. The highest BCUT2D eigenvalue weighted by Crippen LogP contribution is 2.33. The van der Waals surface area contributed by atoms with Gasteiger partial charge in [-0.3, -0.25) is 4.79 Å². The number of amides is 1. The van der Waals surface area contributed by atoms with Crippen LogP contribution >= 0.6 is 39.3 Å². The number of benzene rings is 2. The van der Waals surface area contributed by atoms with Crippen LogP contribution in [0.15, 0.2) is 56.8 Å². The Morgan fingerprint density at radius 3 is 2.92 bits per heavy atom. The molecular formula is C19H12BrClN2O2S. The van der Waals surface area contributed by atoms with Gasteiger partial charge in [-0.25, -0.2) is 4.99 Å². The summed E-state index contributed by atoms with van der Waals surface area (Å²) in [4.78, 5) is 17.2. The van der Waals surface area contributed by atoms with Crippen LogP contribution in [-0.2, 0) is 4.79 Å². The van der Waals surface area contributed by atoms with E-state index < -0.39 is 0 Å². The third-order valence-corrected chi connectivity index (χ3v) is 5.02. The van der Waals surface area contributed by atoms with Crippen molar-refractivity contribution >= 4 is 62.1 Å². The van der Waals surface area contributed by atoms with Crippen molar-refractivity contribution in [3.63, 3.8) is 0 Å². The number of ether oxygens (including phenoxy) is 1. The third-order valence-electron chi connectivity index (χ3n) is 3.29. The fraction of sp³-hybridized carbons (Fsp3) is 0.0526. The van der Waals surface area contributed by atoms with Gasteiger partial charge in [0.05, 0.1) is 15.6 Å². The molecule has 1 saturated heterocycles. The van der Waals surface area contributed by atoms with Crippen LogP contribution in [0.3, 0.4) is 0 Å². The fourth-order valence-electron chi connectivity index (χ4n) is 2.16. The number of rotatable bonds is 4. The molecule has 0 aliphatic carbocycles. The number of aliphatic imine (C=N–C) groups is 1. The lowest BCUT2D eigenvalue weighted by Crippen LogP contribution is -2.19. The summed E-state index contributed by atoms with van der Waals surface area (Å²) < 4.78 is 6.40. The number of carbonyl (C=O) groups is 1. The Kier molecular flexibility index (Phi) is 6.04. The van der Waals surface area contributed by atoms with Gasteiger partial charge in [0, 0.05) is 10.0 Å². The van der Waals surface area contributed by atoms with Crippen LogP contribution in [0.25, 0.3) is 6.08 Å². The predicted octanol–water partition coefficient (Wildman–Crippen LogP) is 5.01. The van der Waals surface area contributed by atoms with Gasteiger partial charge in [-0.15, -0.1) is 6.42 Å². The van der Waals surface area contributed by atoms with Gasteiger partial charge in [0.2, 0.25) is 0 Å². The first kappa shape index (κ1) is 18.6. The number of thioether (sulfide) groups is 1. The molecule has 7 heteroatoms. The number of nitrogens with one attached hydrogen (secondary N) is 1. The zero-order chi connectivity index (χ0) is 18.5. The van der Waals surface area contributed by atoms with Gasteiger partial charge in [0.1, 0.15) is 12.4 Å². The van der Waals surface area contributed by atoms with Crippen molar-refractivity contribution in [2.45, 2.75) is 0 Å². The van der Waals surface area contributed by atoms with E-state index in [1.807, 2.05) is 24.3 Å². The Morgan fingerprint density at radius 1 is 1.35 bits per heavy atom. The summed E-state index contributed by atoms with van der Waals surface area (Å²) >= 11 is 10.8. The lowest BCUT2D eigenvalue weighted by molar-refractivity contribution is -0.115. The SMILES string of the molecule is C#CCOc1ccc(Br)cc1/C=C1\SC(=Nc2ccccc2Cl)NC1=O. The predicted molar refractivity (Wildman–Crippen MR) is 111 cm³/mol. The Bertz CT molecular complexity index is 966. The molecule has 0 saturated carbocycles. The summed E-state index contributed by atoms with van der Waals surface area (Å²) in [6.45, 7) is 0.149. The van der Waals surface area contributed by atoms with Gasteiger partial charge in [-0.1, -0.05) is 45.6 Å². The van der Waals surface area contributed by atoms with Crippen LogP contribution in [0, 0.1) is 12.3 Å². The molecule has 1 amide bonds. The summed E-state index contributed by atoms with van der Waals surface area (Å²) in [7, 11) is 0. The zero-order valence-corrected chi connectivity index (χ0v) is 16.5. The van der Waals surface area contributed by atoms with E-state index in [1.54, 1.807) is 24.3 Å². The Labute approximate surface area is 168 Å². The summed E-state index contributed by atoms with van der Waals surface area (Å²) in [5, 5.41) is 3.73. The minimum absolute atomic E-state index is 0.149. The number of terminal acetylenes is 1. The van der Waals surface area contributed by atoms with Crippen LogP contribution in [-0.4, -0.2) is 17.7 Å². The van der Waals surface area contributed by atoms with E-state index in [4.69, 9.17) is 22.8 Å². The number of para-hydroxylation sites is 1. The Morgan fingerprint density at radius 2 is 2.15 bits per heavy atom. The Balaban J connectivity index is 1.89. The number of hydrogen-bond donors (Lipinski definition) is 1. The molecule has 0 aromatic heterocycles. The van der Waals surface area contributed by atoms with Crippen LogP contribution in [0.4, 0.5) is 5.69 Å². The average Bonchev–Trinajstić information content (AvgIpc) is 2.95. The molecule has 0 bridgehead atoms. The number of carbonyl (C=O) groups excluding carboxylic acids is 1. The van der Waals surface area contributed by atoms with Crippen molar-refractivity contribution in [3.8, 4) is 18.1 Å². The second-order valence-electron chi connectivity index (χ2n) is 5.11. The van der Waals surface area contributed by atoms with E-state index in [2.05, 4.69) is 32.2 Å². The van der Waals surface area contributed by atoms with E-state index in [9.17, 15) is 4.79 Å². The number of hydrogen-bond acceptors (Lipinski definition) is 4. The van der Waals surface area contributed by atoms with Gasteiger partial charge in [-0.2, -0.15) is 0 Å². The van der Waals surface area contributed by atoms with Gasteiger partial charge < -0.3 is 10.1 Å². The molecule has 0 unspecified atom stereocenters. The molecule has 1 aliphatic heterocycles. The second-order valence-corrected chi connectivity index (χ2v) is 7.46. The maximum Gasteiger partial charge on any atom is 0.264 e. The van der Waals surface area contributed by atoms with E-state index in [0.717, 1.165) is 10.0 Å². The topological polar surface area (TPSA) is 50.7 Å². The van der Waals surface area contributed by atoms with E-state index in [0.29, 0.717) is 26.5 Å². The molecule has 1 aliphatic rings. The quantitative estimate of drug-likeness (QED) is 0.530. The molecule has 2 aromatic carbocycles. The van der Waals surface area contributed by atoms with Crippen molar-refractivity contribution in [1.29, 1.82) is 0 Å². The standard InChI is InChI=1S/C19H12BrClN2O2S/c1-2-9-25-16-8-7-13(20)10-12(16)11-17-18(24)23-19(26-17)22-15-6-4-3-5-14(15)21/h1,3-8,10-11H,9H2,(H,22,23,24)/b17-11-. The normalized spacial score (nSPS) is 16.6. The first-order valence-corrected chi connectivity index (χ1v) is 9.45. The maximum atomic E-state index is 12.3. The van der Waals surface area contributed by atoms with Crippen LogP contribution in [0.2, 0.25) is 5.02 Å². The highest BCUT2D eigenvalue weighted by molar-refractivity contribution is 9.10. The minimum Gasteiger partial charge on any atom is -0.480 e. The first-order chi connectivity index (χ1) is 12.6. The van der Waals surface area contributed by atoms with Crippen molar-refractivity contribution in [3.05, 3.63) is 62.4 Å². The largest absolute Gasteiger partial charge is 0.480 e. The zero-order valence-electron chi connectivity index (χ0n) is 13.3. The molecule has 1 N–H and O–H groups in total. The molecule has 1 fully saturated rings. The lowest BCUT2D eigenvalue weighted by Gasteiger charge is -2.07. The summed E-state index contributed by atoms with van der Waals surface area (Å²) in [6, 6.07) is 12.7. The minimum atomic E-state index is -0.233. The molecule has 1 heterocycles. The third kappa shape index (κ3) is 4.50. The first-order valence-electron chi connectivity index (χ1n) is 7.47. The average molecular weight is 448 g/mol. The molecular weight excluding hydrogens is 436 g/mol. The molecule has 130 valence electrons. The van der Waals surface area contributed by atoms with E-state index in [-0.39, 0.29) is 12.5 Å². The number of amidine groups is 1. The van der Waals surface area contributed by atoms with Gasteiger partial charge >= 0.3 is 0 Å². The van der Waals surface area contributed by atoms with E-state index in [1.165, 1.54) is 11.8 Å². The highest BCUT2D eigenvalue weighted by atomic mass is 79.9. The smallest absolute Gasteiger partial charge is 0.264 e. The molecule has 0 atom stereocenters. The monoisotopic (exact) mass is 446 g/mol. The fourth-order valence-corrected chi connectivity index (χ4v) is 3.54. The molecule has 3 rings (SSSR count). The van der Waals surface area contributed by atoms with Gasteiger partial charge in [0.25, 0.3) is 5.91 Å². The van der Waals surface area contributed by atoms with Crippen molar-refractivity contribution in [2.75, 3.05) is 6.61 Å². The van der Waals surface area contributed by atoms with E-state index >= 15 is 0 Å².